The van der Waals surface area contributed by atoms with E-state index < -0.39 is 11.7 Å². The highest BCUT2D eigenvalue weighted by molar-refractivity contribution is 6.30. The zero-order valence-electron chi connectivity index (χ0n) is 13.4. The number of halogens is 1. The van der Waals surface area contributed by atoms with Gasteiger partial charge in [-0.15, -0.1) is 0 Å². The van der Waals surface area contributed by atoms with E-state index in [9.17, 15) is 9.90 Å². The number of aromatic nitrogens is 1. The molecule has 0 saturated carbocycles. The molecule has 1 aromatic heterocycles. The smallest absolute Gasteiger partial charge is 0.263 e. The van der Waals surface area contributed by atoms with Crippen LogP contribution in [0, 0.1) is 0 Å². The molecule has 1 heterocycles. The minimum Gasteiger partial charge on any atom is -0.478 e. The lowest BCUT2D eigenvalue weighted by Gasteiger charge is -2.26. The number of amides is 1. The summed E-state index contributed by atoms with van der Waals surface area (Å²) in [5, 5.41) is 13.5. The van der Waals surface area contributed by atoms with Crippen LogP contribution in [-0.4, -0.2) is 27.7 Å². The van der Waals surface area contributed by atoms with Crippen molar-refractivity contribution in [2.75, 3.05) is 6.54 Å². The molecule has 0 aliphatic heterocycles. The van der Waals surface area contributed by atoms with Gasteiger partial charge in [0.05, 0.1) is 0 Å². The molecule has 0 fully saturated rings. The second kappa shape index (κ2) is 7.06. The van der Waals surface area contributed by atoms with E-state index in [0.29, 0.717) is 10.8 Å². The number of hydrogen-bond donors (Lipinski definition) is 2. The largest absolute Gasteiger partial charge is 0.478 e. The van der Waals surface area contributed by atoms with Gasteiger partial charge in [-0.2, -0.15) is 0 Å². The van der Waals surface area contributed by atoms with E-state index in [1.807, 2.05) is 29.9 Å². The molecule has 23 heavy (non-hydrogen) atoms. The number of ether oxygens (including phenoxy) is 1. The van der Waals surface area contributed by atoms with E-state index >= 15 is 0 Å². The fourth-order valence-electron chi connectivity index (χ4n) is 2.17. The van der Waals surface area contributed by atoms with Crippen molar-refractivity contribution in [3.8, 4) is 5.75 Å². The average molecular weight is 337 g/mol. The van der Waals surface area contributed by atoms with Crippen LogP contribution in [0.25, 0.3) is 0 Å². The van der Waals surface area contributed by atoms with Crippen LogP contribution in [0.5, 0.6) is 5.75 Å². The lowest BCUT2D eigenvalue weighted by molar-refractivity contribution is -0.134. The van der Waals surface area contributed by atoms with Gasteiger partial charge in [-0.3, -0.25) is 4.79 Å². The molecule has 2 N–H and O–H groups in total. The maximum Gasteiger partial charge on any atom is 0.263 e. The van der Waals surface area contributed by atoms with Crippen LogP contribution >= 0.6 is 11.6 Å². The summed E-state index contributed by atoms with van der Waals surface area (Å²) in [5.74, 6) is 0.248. The Labute approximate surface area is 140 Å². The molecule has 1 aromatic carbocycles. The summed E-state index contributed by atoms with van der Waals surface area (Å²) in [5.41, 5.74) is -0.330. The molecule has 0 saturated heterocycles. The van der Waals surface area contributed by atoms with Crippen molar-refractivity contribution in [2.24, 2.45) is 7.05 Å². The van der Waals surface area contributed by atoms with E-state index in [1.54, 1.807) is 38.1 Å². The monoisotopic (exact) mass is 336 g/mol. The van der Waals surface area contributed by atoms with E-state index in [0.717, 1.165) is 5.69 Å². The van der Waals surface area contributed by atoms with E-state index in [1.165, 1.54) is 0 Å². The Balaban J connectivity index is 1.93. The Morgan fingerprint density at radius 2 is 2.00 bits per heavy atom. The SMILES string of the molecule is Cn1cccc1[C@@H](O)CNC(=O)C(C)(C)Oc1ccc(Cl)cc1. The number of aliphatic hydroxyl groups excluding tert-OH is 1. The second-order valence-electron chi connectivity index (χ2n) is 5.84. The van der Waals surface area contributed by atoms with Gasteiger partial charge in [0, 0.05) is 30.5 Å². The van der Waals surface area contributed by atoms with Crippen molar-refractivity contribution in [3.05, 3.63) is 53.3 Å². The van der Waals surface area contributed by atoms with E-state index in [4.69, 9.17) is 16.3 Å². The highest BCUT2D eigenvalue weighted by atomic mass is 35.5. The highest BCUT2D eigenvalue weighted by Crippen LogP contribution is 2.21. The third kappa shape index (κ3) is 4.50. The van der Waals surface area contributed by atoms with Gasteiger partial charge < -0.3 is 19.7 Å². The maximum absolute atomic E-state index is 12.3. The average Bonchev–Trinajstić information content (AvgIpc) is 2.92. The van der Waals surface area contributed by atoms with Gasteiger partial charge in [-0.25, -0.2) is 0 Å². The number of nitrogens with zero attached hydrogens (tertiary/aromatic N) is 1. The Morgan fingerprint density at radius 1 is 1.35 bits per heavy atom. The Morgan fingerprint density at radius 3 is 2.57 bits per heavy atom. The fraction of sp³-hybridized carbons (Fsp3) is 0.353. The quantitative estimate of drug-likeness (QED) is 0.852. The number of carbonyl (C=O) groups is 1. The van der Waals surface area contributed by atoms with Crippen LogP contribution in [0.1, 0.15) is 25.6 Å². The zero-order valence-corrected chi connectivity index (χ0v) is 14.2. The van der Waals surface area contributed by atoms with Crippen molar-refractivity contribution in [1.82, 2.24) is 9.88 Å². The highest BCUT2D eigenvalue weighted by Gasteiger charge is 2.30. The van der Waals surface area contributed by atoms with Gasteiger partial charge in [-0.1, -0.05) is 11.6 Å². The molecule has 1 atom stereocenters. The van der Waals surface area contributed by atoms with Crippen LogP contribution in [0.4, 0.5) is 0 Å². The molecule has 0 unspecified atom stereocenters. The van der Waals surface area contributed by atoms with Crippen LogP contribution in [0.2, 0.25) is 5.02 Å². The first-order valence-corrected chi connectivity index (χ1v) is 7.69. The number of nitrogens with one attached hydrogen (secondary N) is 1. The molecule has 0 bridgehead atoms. The van der Waals surface area contributed by atoms with E-state index in [-0.39, 0.29) is 12.5 Å². The summed E-state index contributed by atoms with van der Waals surface area (Å²) in [6.45, 7) is 3.46. The van der Waals surface area contributed by atoms with Crippen molar-refractivity contribution in [2.45, 2.75) is 25.6 Å². The van der Waals surface area contributed by atoms with E-state index in [2.05, 4.69) is 5.32 Å². The fourth-order valence-corrected chi connectivity index (χ4v) is 2.30. The van der Waals surface area contributed by atoms with Crippen molar-refractivity contribution >= 4 is 17.5 Å². The molecule has 0 aliphatic carbocycles. The maximum atomic E-state index is 12.3. The predicted molar refractivity (Wildman–Crippen MR) is 89.5 cm³/mol. The van der Waals surface area contributed by atoms with Crippen molar-refractivity contribution in [3.63, 3.8) is 0 Å². The van der Waals surface area contributed by atoms with Crippen molar-refractivity contribution < 1.29 is 14.6 Å². The first kappa shape index (κ1) is 17.4. The second-order valence-corrected chi connectivity index (χ2v) is 6.27. The van der Waals surface area contributed by atoms with Gasteiger partial charge >= 0.3 is 0 Å². The molecule has 5 nitrogen and oxygen atoms in total. The minimum absolute atomic E-state index is 0.115. The molecule has 6 heteroatoms. The van der Waals surface area contributed by atoms with Crippen LogP contribution in [0.15, 0.2) is 42.6 Å². The van der Waals surface area contributed by atoms with Gasteiger partial charge in [0.1, 0.15) is 11.9 Å². The molecule has 0 radical (unpaired) electrons. The molecule has 124 valence electrons. The standard InChI is InChI=1S/C17H21ClN2O3/c1-17(2,23-13-8-6-12(18)7-9-13)16(22)19-11-15(21)14-5-4-10-20(14)3/h4-10,15,21H,11H2,1-3H3,(H,19,22)/t15-/m0/s1. The van der Waals surface area contributed by atoms with Gasteiger partial charge in [0.2, 0.25) is 0 Å². The van der Waals surface area contributed by atoms with Crippen LogP contribution in [0.3, 0.4) is 0 Å². The normalized spacial score (nSPS) is 12.7. The summed E-state index contributed by atoms with van der Waals surface area (Å²) in [6.07, 6.45) is 1.07. The molecule has 0 spiro atoms. The summed E-state index contributed by atoms with van der Waals surface area (Å²) < 4.78 is 7.52. The van der Waals surface area contributed by atoms with Crippen molar-refractivity contribution in [1.29, 1.82) is 0 Å². The molecular weight excluding hydrogens is 316 g/mol. The Kier molecular flexibility index (Phi) is 5.34. The van der Waals surface area contributed by atoms with Gasteiger partial charge in [-0.05, 0) is 50.2 Å². The van der Waals surface area contributed by atoms with Crippen LogP contribution in [-0.2, 0) is 11.8 Å². The number of rotatable bonds is 6. The number of hydrogen-bond acceptors (Lipinski definition) is 3. The van der Waals surface area contributed by atoms with Crippen LogP contribution < -0.4 is 10.1 Å². The summed E-state index contributed by atoms with van der Waals surface area (Å²) in [6, 6.07) is 10.5. The molecule has 2 rings (SSSR count). The summed E-state index contributed by atoms with van der Waals surface area (Å²) in [4.78, 5) is 12.3. The summed E-state index contributed by atoms with van der Waals surface area (Å²) in [7, 11) is 1.84. The molecule has 2 aromatic rings. The topological polar surface area (TPSA) is 63.5 Å². The third-order valence-electron chi connectivity index (χ3n) is 3.51. The first-order valence-electron chi connectivity index (χ1n) is 7.32. The third-order valence-corrected chi connectivity index (χ3v) is 3.77. The summed E-state index contributed by atoms with van der Waals surface area (Å²) >= 11 is 5.83. The Hall–Kier alpha value is -1.98. The number of carbonyl (C=O) groups excluding carboxylic acids is 1. The first-order chi connectivity index (χ1) is 10.8. The number of aliphatic hydroxyl groups is 1. The van der Waals surface area contributed by atoms with Gasteiger partial charge in [0.25, 0.3) is 5.91 Å². The zero-order chi connectivity index (χ0) is 17.0. The van der Waals surface area contributed by atoms with Gasteiger partial charge in [0.15, 0.2) is 5.60 Å². The number of aryl methyl sites for hydroxylation is 1. The molecule has 0 aliphatic rings. The number of benzene rings is 1. The lowest BCUT2D eigenvalue weighted by Crippen LogP contribution is -2.47. The Bertz CT molecular complexity index is 665. The molecule has 1 amide bonds. The minimum atomic E-state index is -1.07. The predicted octanol–water partition coefficient (Wildman–Crippen LogP) is 2.69. The molecular formula is C17H21ClN2O3. The lowest BCUT2D eigenvalue weighted by atomic mass is 10.1.